The summed E-state index contributed by atoms with van der Waals surface area (Å²) < 4.78 is 6.78. The molecule has 0 saturated carbocycles. The van der Waals surface area contributed by atoms with Crippen molar-refractivity contribution in [1.29, 1.82) is 0 Å². The first-order chi connectivity index (χ1) is 13.9. The molecular weight excluding hydrogens is 370 g/mol. The molecule has 1 heterocycles. The molecule has 150 valence electrons. The Bertz CT molecular complexity index is 973. The average Bonchev–Trinajstić information content (AvgIpc) is 3.24. The van der Waals surface area contributed by atoms with Gasteiger partial charge in [0.2, 0.25) is 0 Å². The van der Waals surface area contributed by atoms with E-state index < -0.39 is 24.0 Å². The van der Waals surface area contributed by atoms with Crippen LogP contribution < -0.4 is 5.32 Å². The van der Waals surface area contributed by atoms with Gasteiger partial charge in [-0.15, -0.1) is 5.10 Å². The van der Waals surface area contributed by atoms with E-state index in [0.29, 0.717) is 12.1 Å². The number of hydrogen-bond donors (Lipinski definition) is 1. The summed E-state index contributed by atoms with van der Waals surface area (Å²) in [6, 6.07) is 14.5. The van der Waals surface area contributed by atoms with Gasteiger partial charge in [0.25, 0.3) is 5.91 Å². The zero-order valence-electron chi connectivity index (χ0n) is 16.6. The van der Waals surface area contributed by atoms with Gasteiger partial charge in [-0.1, -0.05) is 42.5 Å². The number of aromatic nitrogens is 4. The Morgan fingerprint density at radius 3 is 2.59 bits per heavy atom. The molecule has 0 fully saturated rings. The number of nitrogens with one attached hydrogen (secondary N) is 1. The molecule has 8 nitrogen and oxygen atoms in total. The van der Waals surface area contributed by atoms with E-state index >= 15 is 0 Å². The molecule has 0 unspecified atom stereocenters. The fraction of sp³-hybridized carbons (Fsp3) is 0.286. The molecule has 29 heavy (non-hydrogen) atoms. The van der Waals surface area contributed by atoms with Gasteiger partial charge in [-0.3, -0.25) is 4.79 Å². The summed E-state index contributed by atoms with van der Waals surface area (Å²) in [5.41, 5.74) is 3.58. The van der Waals surface area contributed by atoms with Crippen molar-refractivity contribution in [3.63, 3.8) is 0 Å². The molecule has 0 aliphatic rings. The maximum atomic E-state index is 12.8. The first kappa shape index (κ1) is 20.2. The first-order valence-electron chi connectivity index (χ1n) is 9.29. The third-order valence-corrected chi connectivity index (χ3v) is 4.54. The lowest BCUT2D eigenvalue weighted by molar-refractivity contribution is -0.156. The summed E-state index contributed by atoms with van der Waals surface area (Å²) in [6.45, 7) is 5.38. The highest BCUT2D eigenvalue weighted by Crippen LogP contribution is 2.18. The molecule has 2 aromatic carbocycles. The Morgan fingerprint density at radius 1 is 1.14 bits per heavy atom. The van der Waals surface area contributed by atoms with Gasteiger partial charge in [0.1, 0.15) is 6.33 Å². The summed E-state index contributed by atoms with van der Waals surface area (Å²) in [5.74, 6) is -0.980. The van der Waals surface area contributed by atoms with Crippen molar-refractivity contribution >= 4 is 17.6 Å². The Hall–Kier alpha value is -3.55. The monoisotopic (exact) mass is 393 g/mol. The van der Waals surface area contributed by atoms with Crippen molar-refractivity contribution in [1.82, 2.24) is 20.2 Å². The smallest absolute Gasteiger partial charge is 0.332 e. The van der Waals surface area contributed by atoms with Crippen LogP contribution in [0.5, 0.6) is 0 Å². The number of hydrogen-bond acceptors (Lipinski definition) is 6. The highest BCUT2D eigenvalue weighted by atomic mass is 16.5. The minimum atomic E-state index is -0.975. The van der Waals surface area contributed by atoms with Gasteiger partial charge >= 0.3 is 5.97 Å². The van der Waals surface area contributed by atoms with Crippen LogP contribution >= 0.6 is 0 Å². The minimum absolute atomic E-state index is 0.343. The van der Waals surface area contributed by atoms with Crippen LogP contribution in [0.4, 0.5) is 5.69 Å². The van der Waals surface area contributed by atoms with Crippen molar-refractivity contribution in [3.8, 4) is 0 Å². The Morgan fingerprint density at radius 2 is 1.90 bits per heavy atom. The van der Waals surface area contributed by atoms with Crippen LogP contribution in [-0.2, 0) is 20.7 Å². The summed E-state index contributed by atoms with van der Waals surface area (Å²) >= 11 is 0. The molecule has 2 atom stereocenters. The SMILES string of the molecule is Cc1ccc(C)c(NC(=O)[C@H](C)OC(=O)[C@H](Cc2ccccc2)n2cnnn2)c1. The predicted octanol–water partition coefficient (Wildman–Crippen LogP) is 2.64. The molecule has 0 saturated heterocycles. The lowest BCUT2D eigenvalue weighted by atomic mass is 10.1. The van der Waals surface area contributed by atoms with Crippen LogP contribution in [0.25, 0.3) is 0 Å². The highest BCUT2D eigenvalue weighted by molar-refractivity contribution is 5.96. The van der Waals surface area contributed by atoms with E-state index in [0.717, 1.165) is 16.7 Å². The number of esters is 1. The number of nitrogens with zero attached hydrogens (tertiary/aromatic N) is 4. The second-order valence-electron chi connectivity index (χ2n) is 6.88. The minimum Gasteiger partial charge on any atom is -0.451 e. The maximum Gasteiger partial charge on any atom is 0.332 e. The number of carbonyl (C=O) groups is 2. The van der Waals surface area contributed by atoms with E-state index in [9.17, 15) is 9.59 Å². The molecular formula is C21H23N5O3. The van der Waals surface area contributed by atoms with Crippen molar-refractivity contribution in [2.24, 2.45) is 0 Å². The van der Waals surface area contributed by atoms with Crippen LogP contribution in [-0.4, -0.2) is 38.2 Å². The van der Waals surface area contributed by atoms with Crippen LogP contribution in [0.15, 0.2) is 54.9 Å². The second-order valence-corrected chi connectivity index (χ2v) is 6.88. The van der Waals surface area contributed by atoms with Gasteiger partial charge in [0.15, 0.2) is 12.1 Å². The summed E-state index contributed by atoms with van der Waals surface area (Å²) in [6.07, 6.45) is 0.725. The van der Waals surface area contributed by atoms with Crippen molar-refractivity contribution in [3.05, 3.63) is 71.5 Å². The largest absolute Gasteiger partial charge is 0.451 e. The lowest BCUT2D eigenvalue weighted by Crippen LogP contribution is -2.34. The fourth-order valence-electron chi connectivity index (χ4n) is 2.84. The number of rotatable bonds is 7. The van der Waals surface area contributed by atoms with Gasteiger partial charge in [-0.05, 0) is 54.0 Å². The number of anilines is 1. The molecule has 3 rings (SSSR count). The highest BCUT2D eigenvalue weighted by Gasteiger charge is 2.28. The molecule has 3 aromatic rings. The second kappa shape index (κ2) is 9.09. The normalized spacial score (nSPS) is 12.8. The third kappa shape index (κ3) is 5.25. The van der Waals surface area contributed by atoms with E-state index in [2.05, 4.69) is 20.8 Å². The molecule has 1 aromatic heterocycles. The standard InChI is InChI=1S/C21H23N5O3/c1-14-9-10-15(2)18(11-14)23-20(27)16(3)29-21(28)19(26-13-22-24-25-26)12-17-7-5-4-6-8-17/h4-11,13,16,19H,12H2,1-3H3,(H,23,27)/t16-,19-/m0/s1. The van der Waals surface area contributed by atoms with E-state index in [4.69, 9.17) is 4.74 Å². The van der Waals surface area contributed by atoms with E-state index in [-0.39, 0.29) is 0 Å². The summed E-state index contributed by atoms with van der Waals surface area (Å²) in [7, 11) is 0. The molecule has 0 aliphatic carbocycles. The topological polar surface area (TPSA) is 99.0 Å². The molecule has 1 N–H and O–H groups in total. The van der Waals surface area contributed by atoms with Crippen LogP contribution in [0.1, 0.15) is 29.7 Å². The van der Waals surface area contributed by atoms with E-state index in [1.807, 2.05) is 62.4 Å². The molecule has 0 aliphatic heterocycles. The number of carbonyl (C=O) groups excluding carboxylic acids is 2. The maximum absolute atomic E-state index is 12.8. The quantitative estimate of drug-likeness (QED) is 0.620. The fourth-order valence-corrected chi connectivity index (χ4v) is 2.84. The molecule has 8 heteroatoms. The van der Waals surface area contributed by atoms with Crippen LogP contribution in [0.2, 0.25) is 0 Å². The van der Waals surface area contributed by atoms with Crippen molar-refractivity contribution in [2.75, 3.05) is 5.32 Å². The zero-order valence-corrected chi connectivity index (χ0v) is 16.6. The molecule has 0 bridgehead atoms. The van der Waals surface area contributed by atoms with Gasteiger partial charge in [-0.2, -0.15) is 0 Å². The third-order valence-electron chi connectivity index (χ3n) is 4.54. The molecule has 0 spiro atoms. The lowest BCUT2D eigenvalue weighted by Gasteiger charge is -2.19. The predicted molar refractivity (Wildman–Crippen MR) is 107 cm³/mol. The molecule has 0 radical (unpaired) electrons. The van der Waals surface area contributed by atoms with Gasteiger partial charge in [0, 0.05) is 12.1 Å². The van der Waals surface area contributed by atoms with E-state index in [1.54, 1.807) is 0 Å². The van der Waals surface area contributed by atoms with Crippen molar-refractivity contribution in [2.45, 2.75) is 39.3 Å². The zero-order chi connectivity index (χ0) is 20.8. The number of tetrazole rings is 1. The van der Waals surface area contributed by atoms with Crippen molar-refractivity contribution < 1.29 is 14.3 Å². The van der Waals surface area contributed by atoms with E-state index in [1.165, 1.54) is 17.9 Å². The number of benzene rings is 2. The van der Waals surface area contributed by atoms with Crippen LogP contribution in [0, 0.1) is 13.8 Å². The van der Waals surface area contributed by atoms with Crippen LogP contribution in [0.3, 0.4) is 0 Å². The first-order valence-corrected chi connectivity index (χ1v) is 9.29. The summed E-state index contributed by atoms with van der Waals surface area (Å²) in [5, 5.41) is 13.8. The van der Waals surface area contributed by atoms with Gasteiger partial charge in [0.05, 0.1) is 0 Å². The van der Waals surface area contributed by atoms with Gasteiger partial charge < -0.3 is 10.1 Å². The summed E-state index contributed by atoms with van der Waals surface area (Å²) in [4.78, 5) is 25.4. The Labute approximate surface area is 168 Å². The van der Waals surface area contributed by atoms with Gasteiger partial charge in [-0.25, -0.2) is 9.48 Å². The number of amides is 1. The Kier molecular flexibility index (Phi) is 6.33. The Balaban J connectivity index is 1.69. The number of ether oxygens (including phenoxy) is 1. The number of aryl methyl sites for hydroxylation is 2. The average molecular weight is 393 g/mol. The molecule has 1 amide bonds.